The molecule has 0 unspecified atom stereocenters. The minimum Gasteiger partial charge on any atom is -0.508 e. The van der Waals surface area contributed by atoms with Crippen LogP contribution in [0.4, 0.5) is 0 Å². The zero-order valence-corrected chi connectivity index (χ0v) is 20.1. The van der Waals surface area contributed by atoms with Gasteiger partial charge in [-0.15, -0.1) is 0 Å². The Morgan fingerprint density at radius 1 is 0.781 bits per heavy atom. The second kappa shape index (κ2) is 14.2. The highest BCUT2D eigenvalue weighted by Gasteiger charge is 2.19. The van der Waals surface area contributed by atoms with Crippen molar-refractivity contribution in [3.8, 4) is 17.2 Å². The summed E-state index contributed by atoms with van der Waals surface area (Å²) in [6.45, 7) is 2.24. The quantitative estimate of drug-likeness (QED) is 0.197. The van der Waals surface area contributed by atoms with Gasteiger partial charge in [0.15, 0.2) is 0 Å². The van der Waals surface area contributed by atoms with Gasteiger partial charge in [-0.05, 0) is 37.1 Å². The van der Waals surface area contributed by atoms with Gasteiger partial charge in [0.25, 0.3) is 10.1 Å². The molecule has 2 aromatic rings. The molecule has 0 amide bonds. The molecule has 6 heteroatoms. The van der Waals surface area contributed by atoms with Crippen molar-refractivity contribution in [2.45, 2.75) is 95.3 Å². The zero-order chi connectivity index (χ0) is 23.2. The summed E-state index contributed by atoms with van der Waals surface area (Å²) >= 11 is 0. The van der Waals surface area contributed by atoms with Crippen LogP contribution >= 0.6 is 0 Å². The van der Waals surface area contributed by atoms with E-state index in [9.17, 15) is 18.1 Å². The van der Waals surface area contributed by atoms with Gasteiger partial charge in [-0.25, -0.2) is 0 Å². The summed E-state index contributed by atoms with van der Waals surface area (Å²) in [6, 6.07) is 11.0. The van der Waals surface area contributed by atoms with Gasteiger partial charge in [-0.3, -0.25) is 4.55 Å². The van der Waals surface area contributed by atoms with Crippen LogP contribution < -0.4 is 4.74 Å². The van der Waals surface area contributed by atoms with E-state index in [-0.39, 0.29) is 10.6 Å². The Hall–Kier alpha value is -2.05. The molecule has 32 heavy (non-hydrogen) atoms. The standard InChI is InChI=1S/C26H38O5S/c1-2-3-4-5-6-7-8-9-10-11-12-13-18-24-25(19-15-20-26(24)32(28,29)30)31-23-17-14-16-22(27)21-23/h14-17,19-21,27H,2-13,18H2,1H3,(H,28,29,30). The van der Waals surface area contributed by atoms with Crippen molar-refractivity contribution < 1.29 is 22.8 Å². The summed E-state index contributed by atoms with van der Waals surface area (Å²) in [5, 5.41) is 9.65. The molecule has 0 bridgehead atoms. The number of hydrogen-bond acceptors (Lipinski definition) is 4. The first-order chi connectivity index (χ1) is 15.4. The molecule has 178 valence electrons. The first kappa shape index (κ1) is 26.2. The van der Waals surface area contributed by atoms with Crippen molar-refractivity contribution in [1.29, 1.82) is 0 Å². The van der Waals surface area contributed by atoms with Crippen LogP contribution in [0.25, 0.3) is 0 Å². The molecular weight excluding hydrogens is 424 g/mol. The number of phenolic OH excluding ortho intramolecular Hbond substituents is 1. The third kappa shape index (κ3) is 9.61. The summed E-state index contributed by atoms with van der Waals surface area (Å²) in [6.07, 6.45) is 15.2. The molecule has 2 aromatic carbocycles. The van der Waals surface area contributed by atoms with E-state index in [1.807, 2.05) is 0 Å². The number of phenols is 1. The number of rotatable bonds is 16. The van der Waals surface area contributed by atoms with E-state index in [2.05, 4.69) is 6.92 Å². The van der Waals surface area contributed by atoms with Gasteiger partial charge < -0.3 is 9.84 Å². The van der Waals surface area contributed by atoms with Crippen molar-refractivity contribution in [3.05, 3.63) is 48.0 Å². The maximum Gasteiger partial charge on any atom is 0.294 e. The summed E-state index contributed by atoms with van der Waals surface area (Å²) in [7, 11) is -4.35. The third-order valence-corrected chi connectivity index (χ3v) is 6.63. The Morgan fingerprint density at radius 2 is 1.34 bits per heavy atom. The van der Waals surface area contributed by atoms with Crippen LogP contribution in [-0.2, 0) is 16.5 Å². The molecule has 0 spiro atoms. The first-order valence-electron chi connectivity index (χ1n) is 12.0. The maximum atomic E-state index is 11.9. The van der Waals surface area contributed by atoms with Crippen molar-refractivity contribution >= 4 is 10.1 Å². The van der Waals surface area contributed by atoms with E-state index >= 15 is 0 Å². The monoisotopic (exact) mass is 462 g/mol. The fourth-order valence-corrected chi connectivity index (χ4v) is 4.71. The van der Waals surface area contributed by atoms with E-state index in [1.165, 1.54) is 76.0 Å². The van der Waals surface area contributed by atoms with Crippen molar-refractivity contribution in [3.63, 3.8) is 0 Å². The number of hydrogen-bond donors (Lipinski definition) is 2. The molecule has 0 saturated heterocycles. The Bertz CT molecular complexity index is 908. The lowest BCUT2D eigenvalue weighted by Crippen LogP contribution is -2.05. The number of benzene rings is 2. The molecule has 0 aromatic heterocycles. The van der Waals surface area contributed by atoms with Crippen LogP contribution in [0.15, 0.2) is 47.4 Å². The van der Waals surface area contributed by atoms with Crippen molar-refractivity contribution in [2.75, 3.05) is 0 Å². The lowest BCUT2D eigenvalue weighted by Gasteiger charge is -2.14. The molecule has 5 nitrogen and oxygen atoms in total. The molecular formula is C26H38O5S. The predicted molar refractivity (Wildman–Crippen MR) is 129 cm³/mol. The van der Waals surface area contributed by atoms with Gasteiger partial charge in [0.05, 0.1) is 0 Å². The second-order valence-corrected chi connectivity index (χ2v) is 9.84. The highest BCUT2D eigenvalue weighted by atomic mass is 32.2. The Balaban J connectivity index is 1.83. The Labute approximate surface area is 193 Å². The Morgan fingerprint density at radius 3 is 1.91 bits per heavy atom. The third-order valence-electron chi connectivity index (χ3n) is 5.69. The fraction of sp³-hybridized carbons (Fsp3) is 0.538. The van der Waals surface area contributed by atoms with Crippen LogP contribution in [0.1, 0.15) is 89.5 Å². The largest absolute Gasteiger partial charge is 0.508 e. The average Bonchev–Trinajstić information content (AvgIpc) is 2.74. The molecule has 0 aliphatic rings. The smallest absolute Gasteiger partial charge is 0.294 e. The topological polar surface area (TPSA) is 83.8 Å². The number of unbranched alkanes of at least 4 members (excludes halogenated alkanes) is 11. The van der Waals surface area contributed by atoms with Gasteiger partial charge in [0.2, 0.25) is 0 Å². The molecule has 2 N–H and O–H groups in total. The number of aromatic hydroxyl groups is 1. The summed E-state index contributed by atoms with van der Waals surface area (Å²) in [4.78, 5) is -0.113. The van der Waals surface area contributed by atoms with Gasteiger partial charge in [-0.1, -0.05) is 89.7 Å². The van der Waals surface area contributed by atoms with E-state index in [0.29, 0.717) is 23.5 Å². The van der Waals surface area contributed by atoms with Crippen LogP contribution in [-0.4, -0.2) is 18.1 Å². The van der Waals surface area contributed by atoms with Crippen LogP contribution in [0.5, 0.6) is 17.2 Å². The average molecular weight is 463 g/mol. The normalized spacial score (nSPS) is 11.6. The SMILES string of the molecule is CCCCCCCCCCCCCCc1c(Oc2cccc(O)c2)cccc1S(=O)(=O)O. The fourth-order valence-electron chi connectivity index (χ4n) is 3.95. The Kier molecular flexibility index (Phi) is 11.6. The van der Waals surface area contributed by atoms with Gasteiger partial charge in [-0.2, -0.15) is 8.42 Å². The molecule has 0 aliphatic heterocycles. The summed E-state index contributed by atoms with van der Waals surface area (Å²) < 4.78 is 39.3. The minimum absolute atomic E-state index is 0.0657. The maximum absolute atomic E-state index is 11.9. The van der Waals surface area contributed by atoms with Crippen LogP contribution in [0.3, 0.4) is 0 Å². The lowest BCUT2D eigenvalue weighted by atomic mass is 10.0. The lowest BCUT2D eigenvalue weighted by molar-refractivity contribution is 0.447. The molecule has 0 heterocycles. The van der Waals surface area contributed by atoms with Crippen LogP contribution in [0, 0.1) is 0 Å². The van der Waals surface area contributed by atoms with Gasteiger partial charge in [0.1, 0.15) is 22.1 Å². The van der Waals surface area contributed by atoms with Gasteiger partial charge in [0, 0.05) is 11.6 Å². The van der Waals surface area contributed by atoms with Gasteiger partial charge >= 0.3 is 0 Å². The summed E-state index contributed by atoms with van der Waals surface area (Å²) in [5.74, 6) is 0.859. The highest BCUT2D eigenvalue weighted by Crippen LogP contribution is 2.32. The predicted octanol–water partition coefficient (Wildman–Crippen LogP) is 7.67. The van der Waals surface area contributed by atoms with E-state index < -0.39 is 10.1 Å². The van der Waals surface area contributed by atoms with Crippen molar-refractivity contribution in [2.24, 2.45) is 0 Å². The van der Waals surface area contributed by atoms with E-state index in [0.717, 1.165) is 19.3 Å². The highest BCUT2D eigenvalue weighted by molar-refractivity contribution is 7.85. The number of ether oxygens (including phenoxy) is 1. The first-order valence-corrected chi connectivity index (χ1v) is 13.4. The molecule has 0 atom stereocenters. The van der Waals surface area contributed by atoms with E-state index in [1.54, 1.807) is 24.3 Å². The van der Waals surface area contributed by atoms with Crippen molar-refractivity contribution in [1.82, 2.24) is 0 Å². The zero-order valence-electron chi connectivity index (χ0n) is 19.3. The molecule has 0 aliphatic carbocycles. The van der Waals surface area contributed by atoms with E-state index in [4.69, 9.17) is 4.74 Å². The molecule has 0 saturated carbocycles. The molecule has 0 radical (unpaired) electrons. The van der Waals surface area contributed by atoms with Crippen LogP contribution in [0.2, 0.25) is 0 Å². The molecule has 0 fully saturated rings. The molecule has 2 rings (SSSR count). The second-order valence-electron chi connectivity index (χ2n) is 8.45. The minimum atomic E-state index is -4.35. The summed E-state index contributed by atoms with van der Waals surface area (Å²) in [5.41, 5.74) is 0.477.